The molecule has 2 heterocycles. The van der Waals surface area contributed by atoms with E-state index in [0.29, 0.717) is 12.5 Å². The third-order valence-corrected chi connectivity index (χ3v) is 4.29. The summed E-state index contributed by atoms with van der Waals surface area (Å²) in [6.07, 6.45) is 0.0948. The molecule has 2 aromatic rings. The van der Waals surface area contributed by atoms with Crippen molar-refractivity contribution in [2.45, 2.75) is 45.3 Å². The van der Waals surface area contributed by atoms with Crippen molar-refractivity contribution in [3.05, 3.63) is 47.6 Å². The molecule has 0 N–H and O–H groups in total. The lowest BCUT2D eigenvalue weighted by Crippen LogP contribution is -2.40. The van der Waals surface area contributed by atoms with E-state index < -0.39 is 0 Å². The molecule has 3 rings (SSSR count). The summed E-state index contributed by atoms with van der Waals surface area (Å²) < 4.78 is 11.4. The SMILES string of the molecule is C[C@@H](c1nc(C(C)(C)C)no1)N1CCO[C@@H](c2ccccc2)C1. The van der Waals surface area contributed by atoms with Crippen LogP contribution in [-0.2, 0) is 10.2 Å². The Labute approximate surface area is 137 Å². The van der Waals surface area contributed by atoms with Gasteiger partial charge in [-0.3, -0.25) is 4.90 Å². The topological polar surface area (TPSA) is 51.4 Å². The lowest BCUT2D eigenvalue weighted by Gasteiger charge is -2.35. The molecule has 0 spiro atoms. The van der Waals surface area contributed by atoms with Crippen LogP contribution in [0.25, 0.3) is 0 Å². The number of hydrogen-bond acceptors (Lipinski definition) is 5. The zero-order valence-electron chi connectivity index (χ0n) is 14.3. The molecule has 1 fully saturated rings. The fourth-order valence-electron chi connectivity index (χ4n) is 2.76. The van der Waals surface area contributed by atoms with E-state index >= 15 is 0 Å². The van der Waals surface area contributed by atoms with Gasteiger partial charge in [0.05, 0.1) is 18.8 Å². The molecule has 1 aliphatic rings. The van der Waals surface area contributed by atoms with Crippen LogP contribution in [0.4, 0.5) is 0 Å². The average molecular weight is 315 g/mol. The van der Waals surface area contributed by atoms with Crippen LogP contribution in [0.5, 0.6) is 0 Å². The van der Waals surface area contributed by atoms with E-state index in [0.717, 1.165) is 18.9 Å². The van der Waals surface area contributed by atoms with Gasteiger partial charge in [0.2, 0.25) is 5.89 Å². The number of ether oxygens (including phenoxy) is 1. The normalized spacial score (nSPS) is 21.3. The quantitative estimate of drug-likeness (QED) is 0.867. The Morgan fingerprint density at radius 2 is 1.96 bits per heavy atom. The van der Waals surface area contributed by atoms with E-state index in [1.54, 1.807) is 0 Å². The van der Waals surface area contributed by atoms with E-state index in [-0.39, 0.29) is 17.6 Å². The van der Waals surface area contributed by atoms with Crippen LogP contribution in [-0.4, -0.2) is 34.7 Å². The number of rotatable bonds is 3. The highest BCUT2D eigenvalue weighted by Gasteiger charge is 2.30. The van der Waals surface area contributed by atoms with Crippen molar-refractivity contribution < 1.29 is 9.26 Å². The second kappa shape index (κ2) is 6.42. The predicted molar refractivity (Wildman–Crippen MR) is 88.1 cm³/mol. The van der Waals surface area contributed by atoms with Gasteiger partial charge in [0.15, 0.2) is 5.82 Å². The van der Waals surface area contributed by atoms with E-state index in [2.05, 4.69) is 67.0 Å². The van der Waals surface area contributed by atoms with Gasteiger partial charge in [-0.1, -0.05) is 56.3 Å². The first-order chi connectivity index (χ1) is 10.9. The largest absolute Gasteiger partial charge is 0.371 e. The van der Waals surface area contributed by atoms with Gasteiger partial charge in [-0.25, -0.2) is 0 Å². The average Bonchev–Trinajstić information content (AvgIpc) is 3.05. The molecule has 1 saturated heterocycles. The molecule has 0 unspecified atom stereocenters. The van der Waals surface area contributed by atoms with Gasteiger partial charge in [-0.2, -0.15) is 4.98 Å². The molecule has 124 valence electrons. The minimum Gasteiger partial charge on any atom is -0.371 e. The van der Waals surface area contributed by atoms with Crippen LogP contribution in [0.1, 0.15) is 57.1 Å². The van der Waals surface area contributed by atoms with Gasteiger partial charge < -0.3 is 9.26 Å². The molecule has 0 amide bonds. The second-order valence-corrected chi connectivity index (χ2v) is 7.15. The molecule has 0 aliphatic carbocycles. The van der Waals surface area contributed by atoms with E-state index in [9.17, 15) is 0 Å². The highest BCUT2D eigenvalue weighted by molar-refractivity contribution is 5.18. The number of nitrogens with zero attached hydrogens (tertiary/aromatic N) is 3. The monoisotopic (exact) mass is 315 g/mol. The molecular weight excluding hydrogens is 290 g/mol. The van der Waals surface area contributed by atoms with Crippen molar-refractivity contribution >= 4 is 0 Å². The minimum atomic E-state index is -0.0982. The summed E-state index contributed by atoms with van der Waals surface area (Å²) >= 11 is 0. The van der Waals surface area contributed by atoms with Crippen molar-refractivity contribution in [2.75, 3.05) is 19.7 Å². The molecule has 2 atom stereocenters. The number of hydrogen-bond donors (Lipinski definition) is 0. The second-order valence-electron chi connectivity index (χ2n) is 7.15. The Hall–Kier alpha value is -1.72. The Bertz CT molecular complexity index is 633. The molecule has 1 aliphatic heterocycles. The number of aromatic nitrogens is 2. The summed E-state index contributed by atoms with van der Waals surface area (Å²) in [7, 11) is 0. The van der Waals surface area contributed by atoms with Gasteiger partial charge in [0, 0.05) is 18.5 Å². The summed E-state index contributed by atoms with van der Waals surface area (Å²) in [5, 5.41) is 4.14. The standard InChI is InChI=1S/C18H25N3O2/c1-13(16-19-17(20-23-16)18(2,3)4)21-10-11-22-15(12-21)14-8-6-5-7-9-14/h5-9,13,15H,10-12H2,1-4H3/t13-,15+/m0/s1. The van der Waals surface area contributed by atoms with Gasteiger partial charge in [0.1, 0.15) is 0 Å². The smallest absolute Gasteiger partial charge is 0.243 e. The first-order valence-electron chi connectivity index (χ1n) is 8.20. The van der Waals surface area contributed by atoms with Gasteiger partial charge in [-0.15, -0.1) is 0 Å². The molecule has 1 aromatic carbocycles. The summed E-state index contributed by atoms with van der Waals surface area (Å²) in [5.41, 5.74) is 1.12. The van der Waals surface area contributed by atoms with Gasteiger partial charge in [-0.05, 0) is 12.5 Å². The van der Waals surface area contributed by atoms with Crippen molar-refractivity contribution in [1.82, 2.24) is 15.0 Å². The van der Waals surface area contributed by atoms with Crippen LogP contribution < -0.4 is 0 Å². The maximum atomic E-state index is 5.93. The molecule has 5 heteroatoms. The van der Waals surface area contributed by atoms with Crippen LogP contribution >= 0.6 is 0 Å². The highest BCUT2D eigenvalue weighted by Crippen LogP contribution is 2.29. The maximum Gasteiger partial charge on any atom is 0.243 e. The minimum absolute atomic E-state index is 0.0914. The third kappa shape index (κ3) is 3.62. The molecule has 23 heavy (non-hydrogen) atoms. The first-order valence-corrected chi connectivity index (χ1v) is 8.20. The Balaban J connectivity index is 1.72. The predicted octanol–water partition coefficient (Wildman–Crippen LogP) is 3.50. The zero-order chi connectivity index (χ0) is 16.4. The van der Waals surface area contributed by atoms with Gasteiger partial charge >= 0.3 is 0 Å². The third-order valence-electron chi connectivity index (χ3n) is 4.29. The fourth-order valence-corrected chi connectivity index (χ4v) is 2.76. The molecular formula is C18H25N3O2. The van der Waals surface area contributed by atoms with Crippen LogP contribution in [0, 0.1) is 0 Å². The number of benzene rings is 1. The summed E-state index contributed by atoms with van der Waals surface area (Å²) in [5.74, 6) is 1.44. The number of morpholine rings is 1. The van der Waals surface area contributed by atoms with Crippen molar-refractivity contribution in [2.24, 2.45) is 0 Å². The van der Waals surface area contributed by atoms with E-state index in [1.165, 1.54) is 5.56 Å². The maximum absolute atomic E-state index is 5.93. The molecule has 0 radical (unpaired) electrons. The first kappa shape index (κ1) is 16.1. The lowest BCUT2D eigenvalue weighted by atomic mass is 9.96. The van der Waals surface area contributed by atoms with E-state index in [4.69, 9.17) is 9.26 Å². The van der Waals surface area contributed by atoms with Crippen LogP contribution in [0.2, 0.25) is 0 Å². The van der Waals surface area contributed by atoms with E-state index in [1.807, 2.05) is 6.07 Å². The van der Waals surface area contributed by atoms with Crippen molar-refractivity contribution in [3.8, 4) is 0 Å². The fraction of sp³-hybridized carbons (Fsp3) is 0.556. The van der Waals surface area contributed by atoms with Crippen molar-refractivity contribution in [3.63, 3.8) is 0 Å². The zero-order valence-corrected chi connectivity index (χ0v) is 14.3. The Morgan fingerprint density at radius 3 is 2.61 bits per heavy atom. The molecule has 5 nitrogen and oxygen atoms in total. The Kier molecular flexibility index (Phi) is 4.50. The van der Waals surface area contributed by atoms with Crippen LogP contribution in [0.3, 0.4) is 0 Å². The summed E-state index contributed by atoms with van der Waals surface area (Å²) in [6, 6.07) is 10.4. The molecule has 0 bridgehead atoms. The summed E-state index contributed by atoms with van der Waals surface area (Å²) in [6.45, 7) is 10.8. The van der Waals surface area contributed by atoms with Gasteiger partial charge in [0.25, 0.3) is 0 Å². The molecule has 1 aromatic heterocycles. The molecule has 0 saturated carbocycles. The summed E-state index contributed by atoms with van der Waals surface area (Å²) in [4.78, 5) is 6.94. The van der Waals surface area contributed by atoms with Crippen molar-refractivity contribution in [1.29, 1.82) is 0 Å². The highest BCUT2D eigenvalue weighted by atomic mass is 16.5. The Morgan fingerprint density at radius 1 is 1.22 bits per heavy atom. The van der Waals surface area contributed by atoms with Crippen LogP contribution in [0.15, 0.2) is 34.9 Å². The lowest BCUT2D eigenvalue weighted by molar-refractivity contribution is -0.0469.